The standard InChI is InChI=1S/C12H17O/c1-3-5-6-11-9-12(13)8-7-10(11)4-2/h7-9,13H,2-6H2,1H3. The van der Waals surface area contributed by atoms with Crippen molar-refractivity contribution in [3.63, 3.8) is 0 Å². The number of hydrogen-bond acceptors (Lipinski definition) is 1. The quantitative estimate of drug-likeness (QED) is 0.749. The molecular formula is C12H17O. The van der Waals surface area contributed by atoms with Crippen LogP contribution in [0, 0.1) is 6.92 Å². The molecular weight excluding hydrogens is 160 g/mol. The lowest BCUT2D eigenvalue weighted by molar-refractivity contribution is 0.474. The third-order valence-corrected chi connectivity index (χ3v) is 2.26. The Morgan fingerprint density at radius 1 is 1.31 bits per heavy atom. The summed E-state index contributed by atoms with van der Waals surface area (Å²) in [6.45, 7) is 6.05. The molecule has 0 amide bonds. The second-order valence-corrected chi connectivity index (χ2v) is 3.31. The molecule has 1 nitrogen and oxygen atoms in total. The van der Waals surface area contributed by atoms with Crippen LogP contribution < -0.4 is 0 Å². The fourth-order valence-electron chi connectivity index (χ4n) is 1.46. The minimum atomic E-state index is 0.364. The van der Waals surface area contributed by atoms with Crippen molar-refractivity contribution >= 4 is 0 Å². The molecule has 1 rings (SSSR count). The fourth-order valence-corrected chi connectivity index (χ4v) is 1.46. The van der Waals surface area contributed by atoms with Gasteiger partial charge in [-0.05, 0) is 49.4 Å². The predicted octanol–water partition coefficient (Wildman–Crippen LogP) is 3.11. The van der Waals surface area contributed by atoms with Gasteiger partial charge in [0.25, 0.3) is 0 Å². The van der Waals surface area contributed by atoms with Crippen LogP contribution in [-0.2, 0) is 12.8 Å². The van der Waals surface area contributed by atoms with E-state index in [-0.39, 0.29) is 0 Å². The van der Waals surface area contributed by atoms with Gasteiger partial charge in [0.05, 0.1) is 0 Å². The van der Waals surface area contributed by atoms with Gasteiger partial charge in [-0.3, -0.25) is 0 Å². The third-order valence-electron chi connectivity index (χ3n) is 2.26. The number of benzene rings is 1. The molecule has 0 unspecified atom stereocenters. The highest BCUT2D eigenvalue weighted by molar-refractivity contribution is 5.35. The molecule has 0 saturated carbocycles. The summed E-state index contributed by atoms with van der Waals surface area (Å²) >= 11 is 0. The highest BCUT2D eigenvalue weighted by Crippen LogP contribution is 2.18. The van der Waals surface area contributed by atoms with Crippen molar-refractivity contribution in [3.05, 3.63) is 36.2 Å². The molecule has 0 aliphatic heterocycles. The van der Waals surface area contributed by atoms with Gasteiger partial charge < -0.3 is 5.11 Å². The molecule has 13 heavy (non-hydrogen) atoms. The third kappa shape index (κ3) is 2.76. The van der Waals surface area contributed by atoms with Crippen molar-refractivity contribution in [3.8, 4) is 5.75 Å². The molecule has 1 radical (unpaired) electrons. The van der Waals surface area contributed by atoms with Crippen LogP contribution in [0.4, 0.5) is 0 Å². The highest BCUT2D eigenvalue weighted by atomic mass is 16.3. The van der Waals surface area contributed by atoms with Crippen molar-refractivity contribution in [2.45, 2.75) is 32.6 Å². The molecule has 0 heterocycles. The first-order valence-corrected chi connectivity index (χ1v) is 4.88. The van der Waals surface area contributed by atoms with E-state index in [1.54, 1.807) is 6.07 Å². The van der Waals surface area contributed by atoms with E-state index in [1.807, 2.05) is 12.1 Å². The number of phenols is 1. The average molecular weight is 177 g/mol. The number of rotatable bonds is 4. The average Bonchev–Trinajstić information content (AvgIpc) is 2.15. The topological polar surface area (TPSA) is 20.2 Å². The van der Waals surface area contributed by atoms with Gasteiger partial charge in [-0.2, -0.15) is 0 Å². The van der Waals surface area contributed by atoms with Crippen LogP contribution in [-0.4, -0.2) is 5.11 Å². The van der Waals surface area contributed by atoms with Crippen molar-refractivity contribution in [1.82, 2.24) is 0 Å². The molecule has 0 saturated heterocycles. The lowest BCUT2D eigenvalue weighted by Gasteiger charge is -2.07. The van der Waals surface area contributed by atoms with E-state index in [4.69, 9.17) is 0 Å². The zero-order chi connectivity index (χ0) is 9.68. The highest BCUT2D eigenvalue weighted by Gasteiger charge is 2.01. The Morgan fingerprint density at radius 2 is 2.08 bits per heavy atom. The number of unbranched alkanes of at least 4 members (excludes halogenated alkanes) is 1. The van der Waals surface area contributed by atoms with Gasteiger partial charge in [-0.15, -0.1) is 0 Å². The van der Waals surface area contributed by atoms with Gasteiger partial charge >= 0.3 is 0 Å². The summed E-state index contributed by atoms with van der Waals surface area (Å²) in [5.41, 5.74) is 2.50. The van der Waals surface area contributed by atoms with Crippen molar-refractivity contribution < 1.29 is 5.11 Å². The Hall–Kier alpha value is -0.980. The molecule has 0 aromatic heterocycles. The van der Waals surface area contributed by atoms with Crippen LogP contribution in [0.3, 0.4) is 0 Å². The van der Waals surface area contributed by atoms with Crippen LogP contribution in [0.15, 0.2) is 18.2 Å². The maximum Gasteiger partial charge on any atom is 0.115 e. The molecule has 1 heteroatoms. The zero-order valence-corrected chi connectivity index (χ0v) is 8.21. The van der Waals surface area contributed by atoms with E-state index in [2.05, 4.69) is 13.8 Å². The van der Waals surface area contributed by atoms with E-state index in [0.29, 0.717) is 5.75 Å². The molecule has 0 aliphatic rings. The Labute approximate surface area is 80.4 Å². The van der Waals surface area contributed by atoms with Gasteiger partial charge in [0.2, 0.25) is 0 Å². The lowest BCUT2D eigenvalue weighted by Crippen LogP contribution is -1.92. The maximum atomic E-state index is 9.31. The molecule has 0 spiro atoms. The molecule has 0 aliphatic carbocycles. The van der Waals surface area contributed by atoms with Gasteiger partial charge in [0, 0.05) is 0 Å². The van der Waals surface area contributed by atoms with Gasteiger partial charge in [0.15, 0.2) is 0 Å². The normalized spacial score (nSPS) is 10.3. The monoisotopic (exact) mass is 177 g/mol. The lowest BCUT2D eigenvalue weighted by atomic mass is 10.00. The van der Waals surface area contributed by atoms with Gasteiger partial charge in [0.1, 0.15) is 5.75 Å². The summed E-state index contributed by atoms with van der Waals surface area (Å²) < 4.78 is 0. The van der Waals surface area contributed by atoms with E-state index in [1.165, 1.54) is 24.0 Å². The SMILES string of the molecule is [CH2]Cc1ccc(O)cc1CCCC. The largest absolute Gasteiger partial charge is 0.508 e. The molecule has 0 bridgehead atoms. The predicted molar refractivity (Wildman–Crippen MR) is 55.8 cm³/mol. The molecule has 1 aromatic rings. The molecule has 1 N–H and O–H groups in total. The second kappa shape index (κ2) is 4.90. The number of phenolic OH excluding ortho intramolecular Hbond substituents is 1. The Bertz CT molecular complexity index is 266. The van der Waals surface area contributed by atoms with Crippen LogP contribution in [0.2, 0.25) is 0 Å². The van der Waals surface area contributed by atoms with Crippen molar-refractivity contribution in [2.75, 3.05) is 0 Å². The number of aryl methyl sites for hydroxylation is 1. The minimum Gasteiger partial charge on any atom is -0.508 e. The summed E-state index contributed by atoms with van der Waals surface area (Å²) in [4.78, 5) is 0. The van der Waals surface area contributed by atoms with Crippen LogP contribution in [0.1, 0.15) is 30.9 Å². The van der Waals surface area contributed by atoms with E-state index in [9.17, 15) is 5.11 Å². The van der Waals surface area contributed by atoms with Gasteiger partial charge in [-0.1, -0.05) is 19.4 Å². The van der Waals surface area contributed by atoms with Crippen LogP contribution in [0.5, 0.6) is 5.75 Å². The molecule has 0 atom stereocenters. The van der Waals surface area contributed by atoms with Crippen LogP contribution >= 0.6 is 0 Å². The van der Waals surface area contributed by atoms with Crippen molar-refractivity contribution in [2.24, 2.45) is 0 Å². The Kier molecular flexibility index (Phi) is 3.81. The Balaban J connectivity index is 2.81. The van der Waals surface area contributed by atoms with E-state index in [0.717, 1.165) is 12.8 Å². The first kappa shape index (κ1) is 10.1. The number of aromatic hydroxyl groups is 1. The maximum absolute atomic E-state index is 9.31. The Morgan fingerprint density at radius 3 is 2.69 bits per heavy atom. The molecule has 1 aromatic carbocycles. The number of hydrogen-bond donors (Lipinski definition) is 1. The minimum absolute atomic E-state index is 0.364. The van der Waals surface area contributed by atoms with Crippen LogP contribution in [0.25, 0.3) is 0 Å². The van der Waals surface area contributed by atoms with E-state index >= 15 is 0 Å². The first-order valence-electron chi connectivity index (χ1n) is 4.88. The van der Waals surface area contributed by atoms with E-state index < -0.39 is 0 Å². The summed E-state index contributed by atoms with van der Waals surface area (Å²) in [6.07, 6.45) is 4.22. The summed E-state index contributed by atoms with van der Waals surface area (Å²) in [7, 11) is 0. The smallest absolute Gasteiger partial charge is 0.115 e. The zero-order valence-electron chi connectivity index (χ0n) is 8.21. The summed E-state index contributed by atoms with van der Waals surface area (Å²) in [5, 5.41) is 9.31. The van der Waals surface area contributed by atoms with Crippen molar-refractivity contribution in [1.29, 1.82) is 0 Å². The summed E-state index contributed by atoms with van der Waals surface area (Å²) in [6, 6.07) is 5.56. The molecule has 0 fully saturated rings. The molecule has 71 valence electrons. The first-order chi connectivity index (χ1) is 6.27. The fraction of sp³-hybridized carbons (Fsp3) is 0.417. The summed E-state index contributed by atoms with van der Waals surface area (Å²) in [5.74, 6) is 0.364. The second-order valence-electron chi connectivity index (χ2n) is 3.31. The van der Waals surface area contributed by atoms with Gasteiger partial charge in [-0.25, -0.2) is 0 Å².